The minimum Gasteiger partial charge on any atom is -0.336 e. The summed E-state index contributed by atoms with van der Waals surface area (Å²) in [5, 5.41) is 0.932. The van der Waals surface area contributed by atoms with Crippen molar-refractivity contribution >= 4 is 32.7 Å². The lowest BCUT2D eigenvalue weighted by molar-refractivity contribution is 0.0610. The van der Waals surface area contributed by atoms with Gasteiger partial charge < -0.3 is 4.90 Å². The largest absolute Gasteiger partial charge is 0.336 e. The number of piperidine rings is 1. The minimum absolute atomic E-state index is 0.136. The van der Waals surface area contributed by atoms with Gasteiger partial charge in [0.1, 0.15) is 0 Å². The Hall–Kier alpha value is -2.20. The summed E-state index contributed by atoms with van der Waals surface area (Å²) >= 11 is 3.53. The Morgan fingerprint density at radius 1 is 1.15 bits per heavy atom. The third-order valence-corrected chi connectivity index (χ3v) is 5.92. The summed E-state index contributed by atoms with van der Waals surface area (Å²) in [5.41, 5.74) is 3.47. The first kappa shape index (κ1) is 18.2. The van der Waals surface area contributed by atoms with Crippen LogP contribution in [0.25, 0.3) is 22.2 Å². The molecule has 4 rings (SSSR count). The van der Waals surface area contributed by atoms with E-state index in [9.17, 15) is 4.79 Å². The molecule has 1 fully saturated rings. The lowest BCUT2D eigenvalue weighted by Gasteiger charge is -2.35. The first-order valence-electron chi connectivity index (χ1n) is 9.64. The molecule has 0 saturated carbocycles. The van der Waals surface area contributed by atoms with E-state index in [2.05, 4.69) is 27.8 Å². The first-order chi connectivity index (χ1) is 13.2. The Balaban J connectivity index is 1.84. The van der Waals surface area contributed by atoms with Crippen molar-refractivity contribution in [3.05, 3.63) is 64.6 Å². The molecule has 1 amide bonds. The number of carbonyl (C=O) groups is 1. The van der Waals surface area contributed by atoms with E-state index < -0.39 is 0 Å². The van der Waals surface area contributed by atoms with Crippen LogP contribution >= 0.6 is 15.9 Å². The van der Waals surface area contributed by atoms with Gasteiger partial charge in [-0.2, -0.15) is 0 Å². The van der Waals surface area contributed by atoms with Crippen molar-refractivity contribution in [2.24, 2.45) is 0 Å². The monoisotopic (exact) mass is 422 g/mol. The maximum absolute atomic E-state index is 13.5. The van der Waals surface area contributed by atoms with Gasteiger partial charge in [-0.15, -0.1) is 0 Å². The predicted octanol–water partition coefficient (Wildman–Crippen LogP) is 6.07. The average Bonchev–Trinajstić information content (AvgIpc) is 2.72. The number of likely N-dealkylation sites (tertiary alicyclic amines) is 1. The van der Waals surface area contributed by atoms with E-state index in [1.807, 2.05) is 54.6 Å². The molecule has 1 aliphatic rings. The second-order valence-corrected chi connectivity index (χ2v) is 8.05. The van der Waals surface area contributed by atoms with E-state index >= 15 is 0 Å². The van der Waals surface area contributed by atoms with Crippen LogP contribution in [0.2, 0.25) is 0 Å². The molecule has 1 unspecified atom stereocenters. The van der Waals surface area contributed by atoms with Gasteiger partial charge in [-0.1, -0.05) is 53.2 Å². The fourth-order valence-corrected chi connectivity index (χ4v) is 4.39. The second kappa shape index (κ2) is 7.81. The number of nitrogens with zero attached hydrogens (tertiary/aromatic N) is 2. The SMILES string of the molecule is CCC1CCCCN1C(=O)c1cc(-c2cccc(Br)c2)nc2ccccc12. The summed E-state index contributed by atoms with van der Waals surface area (Å²) in [6.07, 6.45) is 4.41. The molecule has 0 radical (unpaired) electrons. The van der Waals surface area contributed by atoms with Gasteiger partial charge in [0.15, 0.2) is 0 Å². The van der Waals surface area contributed by atoms with E-state index in [0.717, 1.165) is 58.0 Å². The van der Waals surface area contributed by atoms with Crippen molar-refractivity contribution in [2.75, 3.05) is 6.54 Å². The normalized spacial score (nSPS) is 17.3. The van der Waals surface area contributed by atoms with E-state index in [0.29, 0.717) is 6.04 Å². The van der Waals surface area contributed by atoms with Crippen molar-refractivity contribution in [3.63, 3.8) is 0 Å². The Morgan fingerprint density at radius 2 is 2.00 bits per heavy atom. The Bertz CT molecular complexity index is 985. The fourth-order valence-electron chi connectivity index (χ4n) is 4.00. The molecule has 0 aliphatic carbocycles. The number of aromatic nitrogens is 1. The van der Waals surface area contributed by atoms with Crippen LogP contribution in [0.15, 0.2) is 59.1 Å². The highest BCUT2D eigenvalue weighted by atomic mass is 79.9. The van der Waals surface area contributed by atoms with Crippen molar-refractivity contribution in [3.8, 4) is 11.3 Å². The van der Waals surface area contributed by atoms with Crippen LogP contribution in [0.3, 0.4) is 0 Å². The summed E-state index contributed by atoms with van der Waals surface area (Å²) in [6, 6.07) is 18.3. The molecule has 1 atom stereocenters. The van der Waals surface area contributed by atoms with Gasteiger partial charge >= 0.3 is 0 Å². The van der Waals surface area contributed by atoms with Crippen molar-refractivity contribution < 1.29 is 4.79 Å². The standard InChI is InChI=1S/C23H23BrN2O/c1-2-18-10-5-6-13-26(18)23(27)20-15-22(16-8-7-9-17(24)14-16)25-21-12-4-3-11-19(20)21/h3-4,7-9,11-12,14-15,18H,2,5-6,10,13H2,1H3. The quantitative estimate of drug-likeness (QED) is 0.512. The number of carbonyl (C=O) groups excluding carboxylic acids is 1. The fraction of sp³-hybridized carbons (Fsp3) is 0.304. The van der Waals surface area contributed by atoms with Gasteiger partial charge in [0, 0.05) is 28.0 Å². The highest BCUT2D eigenvalue weighted by Crippen LogP contribution is 2.29. The number of benzene rings is 2. The van der Waals surface area contributed by atoms with E-state index in [1.54, 1.807) is 0 Å². The zero-order valence-electron chi connectivity index (χ0n) is 15.5. The van der Waals surface area contributed by atoms with E-state index in [-0.39, 0.29) is 5.91 Å². The number of pyridine rings is 1. The zero-order valence-corrected chi connectivity index (χ0v) is 17.1. The number of rotatable bonds is 3. The van der Waals surface area contributed by atoms with Crippen molar-refractivity contribution in [2.45, 2.75) is 38.6 Å². The highest BCUT2D eigenvalue weighted by molar-refractivity contribution is 9.10. The summed E-state index contributed by atoms with van der Waals surface area (Å²) in [5.74, 6) is 0.136. The molecule has 1 aliphatic heterocycles. The van der Waals surface area contributed by atoms with Crippen LogP contribution in [-0.2, 0) is 0 Å². The maximum atomic E-state index is 13.5. The third kappa shape index (κ3) is 3.63. The van der Waals surface area contributed by atoms with E-state index in [1.165, 1.54) is 6.42 Å². The van der Waals surface area contributed by atoms with Crippen molar-refractivity contribution in [1.29, 1.82) is 0 Å². The van der Waals surface area contributed by atoms with Crippen LogP contribution < -0.4 is 0 Å². The van der Waals surface area contributed by atoms with Gasteiger partial charge in [-0.3, -0.25) is 4.79 Å². The van der Waals surface area contributed by atoms with Gasteiger partial charge in [-0.05, 0) is 49.9 Å². The van der Waals surface area contributed by atoms with Crippen LogP contribution in [0.5, 0.6) is 0 Å². The summed E-state index contributed by atoms with van der Waals surface area (Å²) in [6.45, 7) is 3.02. The molecule has 4 heteroatoms. The van der Waals surface area contributed by atoms with Crippen LogP contribution in [0.1, 0.15) is 43.0 Å². The molecular weight excluding hydrogens is 400 g/mol. The number of hydrogen-bond donors (Lipinski definition) is 0. The lowest BCUT2D eigenvalue weighted by Crippen LogP contribution is -2.43. The predicted molar refractivity (Wildman–Crippen MR) is 114 cm³/mol. The molecule has 27 heavy (non-hydrogen) atoms. The maximum Gasteiger partial charge on any atom is 0.254 e. The molecule has 3 nitrogen and oxygen atoms in total. The van der Waals surface area contributed by atoms with E-state index in [4.69, 9.17) is 4.98 Å². The Labute approximate surface area is 168 Å². The third-order valence-electron chi connectivity index (χ3n) is 5.43. The molecule has 2 aromatic carbocycles. The lowest BCUT2D eigenvalue weighted by atomic mass is 9.97. The summed E-state index contributed by atoms with van der Waals surface area (Å²) in [7, 11) is 0. The Kier molecular flexibility index (Phi) is 5.26. The minimum atomic E-state index is 0.136. The first-order valence-corrected chi connectivity index (χ1v) is 10.4. The molecule has 3 aromatic rings. The Morgan fingerprint density at radius 3 is 2.81 bits per heavy atom. The molecule has 0 N–H and O–H groups in total. The second-order valence-electron chi connectivity index (χ2n) is 7.14. The average molecular weight is 423 g/mol. The number of fused-ring (bicyclic) bond motifs is 1. The molecule has 0 spiro atoms. The topological polar surface area (TPSA) is 33.2 Å². The smallest absolute Gasteiger partial charge is 0.254 e. The highest BCUT2D eigenvalue weighted by Gasteiger charge is 2.27. The van der Waals surface area contributed by atoms with Gasteiger partial charge in [0.2, 0.25) is 0 Å². The molecule has 1 saturated heterocycles. The number of halogens is 1. The van der Waals surface area contributed by atoms with Gasteiger partial charge in [0.25, 0.3) is 5.91 Å². The van der Waals surface area contributed by atoms with Crippen LogP contribution in [-0.4, -0.2) is 28.4 Å². The number of hydrogen-bond acceptors (Lipinski definition) is 2. The van der Waals surface area contributed by atoms with Crippen molar-refractivity contribution in [1.82, 2.24) is 9.88 Å². The summed E-state index contributed by atoms with van der Waals surface area (Å²) < 4.78 is 1.00. The molecular formula is C23H23BrN2O. The number of amides is 1. The molecule has 138 valence electrons. The molecule has 2 heterocycles. The molecule has 1 aromatic heterocycles. The van der Waals surface area contributed by atoms with Crippen LogP contribution in [0, 0.1) is 0 Å². The van der Waals surface area contributed by atoms with Gasteiger partial charge in [-0.25, -0.2) is 4.98 Å². The summed E-state index contributed by atoms with van der Waals surface area (Å²) in [4.78, 5) is 20.4. The number of para-hydroxylation sites is 1. The molecule has 0 bridgehead atoms. The zero-order chi connectivity index (χ0) is 18.8. The van der Waals surface area contributed by atoms with Gasteiger partial charge in [0.05, 0.1) is 16.8 Å². The van der Waals surface area contributed by atoms with Crippen LogP contribution in [0.4, 0.5) is 0 Å².